The van der Waals surface area contributed by atoms with Crippen molar-refractivity contribution in [1.82, 2.24) is 14.3 Å². The van der Waals surface area contributed by atoms with Gasteiger partial charge in [-0.05, 0) is 25.0 Å². The summed E-state index contributed by atoms with van der Waals surface area (Å²) in [7, 11) is -3.31. The third-order valence-electron chi connectivity index (χ3n) is 4.07. The largest absolute Gasteiger partial charge is 0.382 e. The Morgan fingerprint density at radius 2 is 2.23 bits per heavy atom. The Hall–Kier alpha value is -1.50. The Balaban J connectivity index is 1.96. The van der Waals surface area contributed by atoms with Gasteiger partial charge in [-0.25, -0.2) is 17.9 Å². The van der Waals surface area contributed by atoms with Crippen LogP contribution in [0.3, 0.4) is 0 Å². The number of hydrogen-bond donors (Lipinski definition) is 2. The molecule has 3 N–H and O–H groups in total. The number of unbranched alkanes of at least 4 members (excludes halogenated alkanes) is 3. The van der Waals surface area contributed by atoms with Gasteiger partial charge in [-0.3, -0.25) is 4.57 Å². The minimum atomic E-state index is -3.31. The molecule has 1 aromatic heterocycles. The van der Waals surface area contributed by atoms with Crippen LogP contribution in [0.15, 0.2) is 11.0 Å². The zero-order valence-electron chi connectivity index (χ0n) is 15.0. The summed E-state index contributed by atoms with van der Waals surface area (Å²) in [5.74, 6) is 6.78. The van der Waals surface area contributed by atoms with E-state index in [0.29, 0.717) is 12.0 Å². The smallest absolute Gasteiger partial charge is 0.350 e. The molecule has 0 aliphatic carbocycles. The molecule has 26 heavy (non-hydrogen) atoms. The summed E-state index contributed by atoms with van der Waals surface area (Å²) >= 11 is 1.71. The number of anilines is 1. The second kappa shape index (κ2) is 10.00. The predicted octanol–water partition coefficient (Wildman–Crippen LogP) is 1.70. The summed E-state index contributed by atoms with van der Waals surface area (Å²) in [6.45, 7) is 2.09. The van der Waals surface area contributed by atoms with E-state index < -0.39 is 10.0 Å². The maximum absolute atomic E-state index is 12.0. The lowest BCUT2D eigenvalue weighted by Gasteiger charge is -2.12. The third kappa shape index (κ3) is 6.34. The number of sulfonamides is 1. The molecule has 2 heterocycles. The molecule has 9 heteroatoms. The van der Waals surface area contributed by atoms with E-state index in [-0.39, 0.29) is 29.2 Å². The topological polar surface area (TPSA) is 107 Å². The highest BCUT2D eigenvalue weighted by Gasteiger charge is 2.19. The Kier molecular flexibility index (Phi) is 8.00. The Morgan fingerprint density at radius 1 is 1.42 bits per heavy atom. The fraction of sp³-hybridized carbons (Fsp3) is 0.647. The van der Waals surface area contributed by atoms with E-state index >= 15 is 0 Å². The second-order valence-corrected chi connectivity index (χ2v) is 9.41. The molecule has 1 aliphatic rings. The number of rotatable bonds is 8. The number of nitrogens with two attached hydrogens (primary N) is 1. The van der Waals surface area contributed by atoms with Crippen LogP contribution in [-0.2, 0) is 10.0 Å². The Labute approximate surface area is 159 Å². The van der Waals surface area contributed by atoms with Gasteiger partial charge in [0.25, 0.3) is 0 Å². The first-order chi connectivity index (χ1) is 12.4. The average molecular weight is 399 g/mol. The van der Waals surface area contributed by atoms with Gasteiger partial charge in [-0.2, -0.15) is 4.98 Å². The summed E-state index contributed by atoms with van der Waals surface area (Å²) in [6, 6.07) is 0. The Bertz CT molecular complexity index is 819. The molecule has 144 valence electrons. The number of nitrogens with one attached hydrogen (secondary N) is 1. The van der Waals surface area contributed by atoms with Crippen LogP contribution in [0.2, 0.25) is 0 Å². The van der Waals surface area contributed by atoms with Crippen molar-refractivity contribution in [3.8, 4) is 11.8 Å². The quantitative estimate of drug-likeness (QED) is 0.510. The van der Waals surface area contributed by atoms with Crippen LogP contribution >= 0.6 is 11.8 Å². The lowest BCUT2D eigenvalue weighted by molar-refractivity contribution is 0.579. The Morgan fingerprint density at radius 3 is 2.92 bits per heavy atom. The number of nitrogens with zero attached hydrogens (tertiary/aromatic N) is 2. The predicted molar refractivity (Wildman–Crippen MR) is 106 cm³/mol. The van der Waals surface area contributed by atoms with Gasteiger partial charge in [0.05, 0.1) is 23.2 Å². The first-order valence-electron chi connectivity index (χ1n) is 8.89. The third-order valence-corrected chi connectivity index (χ3v) is 6.85. The molecular formula is C17H26N4O3S2. The van der Waals surface area contributed by atoms with E-state index in [9.17, 15) is 13.2 Å². The standard InChI is InChI=1S/C17H26N4O3S2/c1-2-3-4-5-12-26(23,24)19-10-6-8-14-13-21(15-9-7-11-25-15)17(22)20-16(14)18/h13,15,19H,2-5,7,9-12H2,1H3,(H2,18,20,22). The van der Waals surface area contributed by atoms with Gasteiger partial charge in [-0.15, -0.1) is 11.8 Å². The van der Waals surface area contributed by atoms with Gasteiger partial charge in [0.15, 0.2) is 0 Å². The minimum Gasteiger partial charge on any atom is -0.382 e. The molecule has 1 aliphatic heterocycles. The van der Waals surface area contributed by atoms with Crippen LogP contribution in [0.1, 0.15) is 56.4 Å². The highest BCUT2D eigenvalue weighted by atomic mass is 32.2. The highest BCUT2D eigenvalue weighted by molar-refractivity contribution is 7.99. The lowest BCUT2D eigenvalue weighted by Crippen LogP contribution is -2.27. The monoisotopic (exact) mass is 398 g/mol. The van der Waals surface area contributed by atoms with E-state index in [1.165, 1.54) is 0 Å². The van der Waals surface area contributed by atoms with E-state index in [1.807, 2.05) is 0 Å². The van der Waals surface area contributed by atoms with Crippen LogP contribution in [0.5, 0.6) is 0 Å². The van der Waals surface area contributed by atoms with Crippen molar-refractivity contribution < 1.29 is 8.42 Å². The van der Waals surface area contributed by atoms with Gasteiger partial charge in [0, 0.05) is 6.20 Å². The molecular weight excluding hydrogens is 372 g/mol. The van der Waals surface area contributed by atoms with Crippen LogP contribution in [0.25, 0.3) is 0 Å². The average Bonchev–Trinajstić information content (AvgIpc) is 3.11. The molecule has 0 radical (unpaired) electrons. The van der Waals surface area contributed by atoms with Gasteiger partial charge in [0.1, 0.15) is 5.82 Å². The van der Waals surface area contributed by atoms with E-state index in [2.05, 4.69) is 28.5 Å². The van der Waals surface area contributed by atoms with Gasteiger partial charge >= 0.3 is 5.69 Å². The van der Waals surface area contributed by atoms with E-state index in [0.717, 1.165) is 37.9 Å². The summed E-state index contributed by atoms with van der Waals surface area (Å²) < 4.78 is 27.8. The normalized spacial score (nSPS) is 17.0. The lowest BCUT2D eigenvalue weighted by atomic mass is 10.2. The number of nitrogen functional groups attached to an aromatic ring is 1. The number of aromatic nitrogens is 2. The molecule has 0 saturated carbocycles. The van der Waals surface area contributed by atoms with Gasteiger partial charge in [-0.1, -0.05) is 38.0 Å². The molecule has 0 aromatic carbocycles. The van der Waals surface area contributed by atoms with E-state index in [1.54, 1.807) is 22.5 Å². The number of hydrogen-bond acceptors (Lipinski definition) is 6. The first-order valence-corrected chi connectivity index (χ1v) is 11.6. The van der Waals surface area contributed by atoms with Crippen molar-refractivity contribution in [3.05, 3.63) is 22.2 Å². The molecule has 1 unspecified atom stereocenters. The molecule has 0 bridgehead atoms. The molecule has 1 saturated heterocycles. The molecule has 0 amide bonds. The summed E-state index contributed by atoms with van der Waals surface area (Å²) in [4.78, 5) is 15.8. The number of thioether (sulfide) groups is 1. The van der Waals surface area contributed by atoms with Crippen molar-refractivity contribution in [3.63, 3.8) is 0 Å². The SMILES string of the molecule is CCCCCCS(=O)(=O)NCC#Cc1cn(C2CCCS2)c(=O)nc1N. The van der Waals surface area contributed by atoms with Crippen molar-refractivity contribution in [2.24, 2.45) is 0 Å². The molecule has 0 spiro atoms. The maximum atomic E-state index is 12.0. The van der Waals surface area contributed by atoms with Gasteiger partial charge in [0.2, 0.25) is 10.0 Å². The summed E-state index contributed by atoms with van der Waals surface area (Å²) in [5.41, 5.74) is 5.85. The maximum Gasteiger partial charge on any atom is 0.350 e. The van der Waals surface area contributed by atoms with Crippen LogP contribution in [0.4, 0.5) is 5.82 Å². The van der Waals surface area contributed by atoms with Crippen LogP contribution < -0.4 is 16.1 Å². The van der Waals surface area contributed by atoms with Crippen molar-refractivity contribution in [2.75, 3.05) is 23.8 Å². The van der Waals surface area contributed by atoms with Crippen LogP contribution in [0, 0.1) is 11.8 Å². The molecule has 2 rings (SSSR count). The zero-order valence-corrected chi connectivity index (χ0v) is 16.7. The van der Waals surface area contributed by atoms with E-state index in [4.69, 9.17) is 5.73 Å². The fourth-order valence-electron chi connectivity index (χ4n) is 2.64. The molecule has 1 atom stereocenters. The van der Waals surface area contributed by atoms with Crippen molar-refractivity contribution >= 4 is 27.6 Å². The zero-order chi connectivity index (χ0) is 19.0. The van der Waals surface area contributed by atoms with Crippen molar-refractivity contribution in [1.29, 1.82) is 0 Å². The van der Waals surface area contributed by atoms with Gasteiger partial charge < -0.3 is 5.73 Å². The summed E-state index contributed by atoms with van der Waals surface area (Å²) in [6.07, 6.45) is 7.27. The fourth-order valence-corrected chi connectivity index (χ4v) is 4.91. The highest BCUT2D eigenvalue weighted by Crippen LogP contribution is 2.34. The van der Waals surface area contributed by atoms with Crippen molar-refractivity contribution in [2.45, 2.75) is 50.8 Å². The minimum absolute atomic E-state index is 0.00680. The molecule has 7 nitrogen and oxygen atoms in total. The van der Waals surface area contributed by atoms with Crippen LogP contribution in [-0.4, -0.2) is 36.0 Å². The summed E-state index contributed by atoms with van der Waals surface area (Å²) in [5, 5.41) is 0.0674. The molecule has 1 fully saturated rings. The molecule has 1 aromatic rings. The second-order valence-electron chi connectivity index (χ2n) is 6.20. The first kappa shape index (κ1) is 20.8.